The molecule has 0 amide bonds. The summed E-state index contributed by atoms with van der Waals surface area (Å²) in [5.41, 5.74) is 2.77. The summed E-state index contributed by atoms with van der Waals surface area (Å²) in [5, 5.41) is 0. The van der Waals surface area contributed by atoms with Gasteiger partial charge in [-0.3, -0.25) is 15.2 Å². The molecule has 2 heterocycles. The summed E-state index contributed by atoms with van der Waals surface area (Å²) in [6.45, 7) is 0. The number of hydrogen-bond donors (Lipinski definition) is 4. The van der Waals surface area contributed by atoms with Gasteiger partial charge < -0.3 is 9.55 Å². The van der Waals surface area contributed by atoms with E-state index in [0.717, 1.165) is 0 Å². The van der Waals surface area contributed by atoms with Gasteiger partial charge in [0.1, 0.15) is 0 Å². The van der Waals surface area contributed by atoms with E-state index >= 15 is 0 Å². The second-order valence-electron chi connectivity index (χ2n) is 2.75. The first-order valence-corrected chi connectivity index (χ1v) is 4.20. The zero-order chi connectivity index (χ0) is 10.3. The maximum atomic E-state index is 11.4. The largest absolute Gasteiger partial charge is 0.325 e. The van der Waals surface area contributed by atoms with E-state index in [2.05, 4.69) is 20.4 Å². The lowest BCUT2D eigenvalue weighted by Crippen LogP contribution is -2.17. The first-order chi connectivity index (χ1) is 6.63. The second kappa shape index (κ2) is 2.93. The van der Waals surface area contributed by atoms with Crippen LogP contribution in [0.1, 0.15) is 0 Å². The molecule has 0 radical (unpaired) electrons. The van der Waals surface area contributed by atoms with Crippen molar-refractivity contribution in [2.24, 2.45) is 12.9 Å². The van der Waals surface area contributed by atoms with Gasteiger partial charge in [0.15, 0.2) is 15.9 Å². The maximum Gasteiger partial charge on any atom is 0.278 e. The van der Waals surface area contributed by atoms with Gasteiger partial charge in [-0.25, -0.2) is 5.84 Å². The van der Waals surface area contributed by atoms with Crippen LogP contribution in [0.2, 0.25) is 0 Å². The second-order valence-corrected chi connectivity index (χ2v) is 3.13. The number of nitrogens with one attached hydrogen (secondary N) is 3. The number of rotatable bonds is 1. The van der Waals surface area contributed by atoms with Crippen LogP contribution < -0.4 is 16.8 Å². The first-order valence-electron chi connectivity index (χ1n) is 3.79. The minimum Gasteiger partial charge on any atom is -0.325 e. The molecule has 0 atom stereocenters. The molecule has 0 spiro atoms. The van der Waals surface area contributed by atoms with E-state index in [4.69, 9.17) is 18.1 Å². The van der Waals surface area contributed by atoms with Crippen molar-refractivity contribution >= 4 is 29.3 Å². The molecule has 0 saturated heterocycles. The van der Waals surface area contributed by atoms with Crippen LogP contribution in [0.5, 0.6) is 0 Å². The zero-order valence-corrected chi connectivity index (χ0v) is 8.10. The molecule has 7 nitrogen and oxygen atoms in total. The number of hydrazine groups is 1. The number of imidazole rings is 1. The topological polar surface area (TPSA) is 105 Å². The fraction of sp³-hybridized carbons (Fsp3) is 0.167. The SMILES string of the molecule is Cn1c(=S)[nH]c2c(=O)[nH]c(NN)nc21. The highest BCUT2D eigenvalue weighted by Crippen LogP contribution is 2.06. The van der Waals surface area contributed by atoms with Gasteiger partial charge >= 0.3 is 0 Å². The van der Waals surface area contributed by atoms with Gasteiger partial charge in [-0.15, -0.1) is 0 Å². The molecule has 0 aromatic carbocycles. The summed E-state index contributed by atoms with van der Waals surface area (Å²) in [5.74, 6) is 5.34. The van der Waals surface area contributed by atoms with Crippen LogP contribution in [0.3, 0.4) is 0 Å². The summed E-state index contributed by atoms with van der Waals surface area (Å²) in [6.07, 6.45) is 0. The molecular formula is C6H8N6OS. The lowest BCUT2D eigenvalue weighted by atomic mass is 10.5. The Bertz CT molecular complexity index is 592. The van der Waals surface area contributed by atoms with E-state index in [9.17, 15) is 4.79 Å². The molecule has 0 unspecified atom stereocenters. The number of H-pyrrole nitrogens is 2. The minimum absolute atomic E-state index is 0.201. The third-order valence-corrected chi connectivity index (χ3v) is 2.27. The highest BCUT2D eigenvalue weighted by molar-refractivity contribution is 7.71. The molecule has 0 bridgehead atoms. The van der Waals surface area contributed by atoms with Crippen LogP contribution in [-0.4, -0.2) is 19.5 Å². The van der Waals surface area contributed by atoms with Gasteiger partial charge in [-0.1, -0.05) is 0 Å². The van der Waals surface area contributed by atoms with Crippen LogP contribution in [0, 0.1) is 4.77 Å². The molecule has 14 heavy (non-hydrogen) atoms. The number of nitrogens with zero attached hydrogens (tertiary/aromatic N) is 2. The normalized spacial score (nSPS) is 10.7. The van der Waals surface area contributed by atoms with E-state index in [-0.39, 0.29) is 11.5 Å². The Balaban J connectivity index is 2.98. The molecule has 74 valence electrons. The molecule has 2 aromatic rings. The van der Waals surface area contributed by atoms with Gasteiger partial charge in [0, 0.05) is 7.05 Å². The number of aryl methyl sites for hydroxylation is 1. The minimum atomic E-state index is -0.311. The van der Waals surface area contributed by atoms with Crippen LogP contribution in [0.25, 0.3) is 11.2 Å². The number of nitrogens with two attached hydrogens (primary N) is 1. The van der Waals surface area contributed by atoms with Crippen molar-refractivity contribution in [2.75, 3.05) is 5.43 Å². The smallest absolute Gasteiger partial charge is 0.278 e. The average Bonchev–Trinajstić information content (AvgIpc) is 2.45. The number of nitrogen functional groups attached to an aromatic ring is 1. The Labute approximate surface area is 82.9 Å². The molecule has 2 rings (SSSR count). The van der Waals surface area contributed by atoms with Crippen LogP contribution >= 0.6 is 12.2 Å². The lowest BCUT2D eigenvalue weighted by Gasteiger charge is -1.98. The van der Waals surface area contributed by atoms with Crippen molar-refractivity contribution in [1.82, 2.24) is 19.5 Å². The van der Waals surface area contributed by atoms with Crippen molar-refractivity contribution in [3.05, 3.63) is 15.1 Å². The number of aromatic nitrogens is 4. The quantitative estimate of drug-likeness (QED) is 0.292. The van der Waals surface area contributed by atoms with E-state index in [0.29, 0.717) is 15.9 Å². The molecular weight excluding hydrogens is 204 g/mol. The van der Waals surface area contributed by atoms with Crippen LogP contribution in [0.4, 0.5) is 5.95 Å². The Morgan fingerprint density at radius 3 is 2.93 bits per heavy atom. The molecule has 5 N–H and O–H groups in total. The van der Waals surface area contributed by atoms with Gasteiger partial charge in [0.05, 0.1) is 0 Å². The fourth-order valence-electron chi connectivity index (χ4n) is 1.17. The van der Waals surface area contributed by atoms with Crippen LogP contribution in [0.15, 0.2) is 4.79 Å². The van der Waals surface area contributed by atoms with Crippen LogP contribution in [-0.2, 0) is 7.05 Å². The molecule has 8 heteroatoms. The Morgan fingerprint density at radius 1 is 1.57 bits per heavy atom. The summed E-state index contributed by atoms with van der Waals surface area (Å²) >= 11 is 4.96. The van der Waals surface area contributed by atoms with Gasteiger partial charge in [-0.2, -0.15) is 4.98 Å². The van der Waals surface area contributed by atoms with E-state index in [1.54, 1.807) is 11.6 Å². The number of fused-ring (bicyclic) bond motifs is 1. The monoisotopic (exact) mass is 212 g/mol. The number of anilines is 1. The first kappa shape index (κ1) is 8.91. The van der Waals surface area contributed by atoms with Crippen molar-refractivity contribution in [3.63, 3.8) is 0 Å². The Kier molecular flexibility index (Phi) is 1.86. The van der Waals surface area contributed by atoms with Gasteiger partial charge in [0.2, 0.25) is 5.95 Å². The van der Waals surface area contributed by atoms with Crippen molar-refractivity contribution in [2.45, 2.75) is 0 Å². The maximum absolute atomic E-state index is 11.4. The Morgan fingerprint density at radius 2 is 2.29 bits per heavy atom. The standard InChI is InChI=1S/C6H8N6OS/c1-12-3-2(8-6(12)14)4(13)10-5(9-3)11-7/h7H2,1H3,(H,8,14)(H2,9,10,11,13). The summed E-state index contributed by atoms with van der Waals surface area (Å²) in [7, 11) is 1.72. The van der Waals surface area contributed by atoms with Crippen molar-refractivity contribution in [3.8, 4) is 0 Å². The lowest BCUT2D eigenvalue weighted by molar-refractivity contribution is 0.909. The van der Waals surface area contributed by atoms with E-state index in [1.165, 1.54) is 0 Å². The highest BCUT2D eigenvalue weighted by atomic mass is 32.1. The predicted octanol–water partition coefficient (Wildman–Crippen LogP) is -0.395. The van der Waals surface area contributed by atoms with Gasteiger partial charge in [0.25, 0.3) is 5.56 Å². The summed E-state index contributed by atoms with van der Waals surface area (Å²) < 4.78 is 2.04. The molecule has 0 aliphatic carbocycles. The summed E-state index contributed by atoms with van der Waals surface area (Å²) in [6, 6.07) is 0. The molecule has 2 aromatic heterocycles. The third-order valence-electron chi connectivity index (χ3n) is 1.89. The molecule has 0 aliphatic heterocycles. The zero-order valence-electron chi connectivity index (χ0n) is 7.29. The summed E-state index contributed by atoms with van der Waals surface area (Å²) in [4.78, 5) is 20.7. The average molecular weight is 212 g/mol. The van der Waals surface area contributed by atoms with Gasteiger partial charge in [-0.05, 0) is 12.2 Å². The predicted molar refractivity (Wildman–Crippen MR) is 54.3 cm³/mol. The number of aromatic amines is 2. The van der Waals surface area contributed by atoms with Crippen molar-refractivity contribution < 1.29 is 0 Å². The third kappa shape index (κ3) is 1.12. The number of hydrogen-bond acceptors (Lipinski definition) is 5. The van der Waals surface area contributed by atoms with E-state index < -0.39 is 0 Å². The molecule has 0 aliphatic rings. The van der Waals surface area contributed by atoms with E-state index in [1.807, 2.05) is 0 Å². The Hall–Kier alpha value is -1.67. The molecule has 0 fully saturated rings. The molecule has 0 saturated carbocycles. The highest BCUT2D eigenvalue weighted by Gasteiger charge is 2.07. The fourth-order valence-corrected chi connectivity index (χ4v) is 1.36. The van der Waals surface area contributed by atoms with Crippen molar-refractivity contribution in [1.29, 1.82) is 0 Å².